The molecule has 2 rings (SSSR count). The lowest BCUT2D eigenvalue weighted by Crippen LogP contribution is -2.34. The van der Waals surface area contributed by atoms with Crippen LogP contribution < -0.4 is 10.6 Å². The first-order valence-corrected chi connectivity index (χ1v) is 7.31. The van der Waals surface area contributed by atoms with E-state index in [2.05, 4.69) is 29.6 Å². The molecule has 2 heterocycles. The summed E-state index contributed by atoms with van der Waals surface area (Å²) < 4.78 is 1.92. The van der Waals surface area contributed by atoms with Gasteiger partial charge in [0.25, 0.3) is 5.91 Å². The molecule has 1 saturated heterocycles. The summed E-state index contributed by atoms with van der Waals surface area (Å²) in [4.78, 5) is 12.1. The van der Waals surface area contributed by atoms with Crippen LogP contribution in [0.5, 0.6) is 0 Å². The summed E-state index contributed by atoms with van der Waals surface area (Å²) in [7, 11) is 0. The van der Waals surface area contributed by atoms with Crippen molar-refractivity contribution in [1.82, 2.24) is 20.4 Å². The average molecular weight is 264 g/mol. The third-order valence-electron chi connectivity index (χ3n) is 3.81. The zero-order chi connectivity index (χ0) is 13.7. The van der Waals surface area contributed by atoms with E-state index in [4.69, 9.17) is 0 Å². The van der Waals surface area contributed by atoms with Crippen molar-refractivity contribution in [1.29, 1.82) is 0 Å². The number of rotatable bonds is 5. The van der Waals surface area contributed by atoms with Crippen molar-refractivity contribution < 1.29 is 4.79 Å². The second-order valence-electron chi connectivity index (χ2n) is 5.17. The Hall–Kier alpha value is -1.36. The summed E-state index contributed by atoms with van der Waals surface area (Å²) in [5.41, 5.74) is 0.525. The summed E-state index contributed by atoms with van der Waals surface area (Å²) in [6.45, 7) is 6.19. The minimum Gasteiger partial charge on any atom is -0.348 e. The molecule has 0 bridgehead atoms. The van der Waals surface area contributed by atoms with Crippen LogP contribution in [0.25, 0.3) is 0 Å². The van der Waals surface area contributed by atoms with E-state index >= 15 is 0 Å². The monoisotopic (exact) mass is 264 g/mol. The fourth-order valence-corrected chi connectivity index (χ4v) is 2.47. The van der Waals surface area contributed by atoms with Crippen molar-refractivity contribution in [3.63, 3.8) is 0 Å². The van der Waals surface area contributed by atoms with Gasteiger partial charge in [-0.15, -0.1) is 0 Å². The van der Waals surface area contributed by atoms with Crippen molar-refractivity contribution >= 4 is 5.91 Å². The lowest BCUT2D eigenvalue weighted by Gasteiger charge is -2.22. The third-order valence-corrected chi connectivity index (χ3v) is 3.81. The molecule has 5 nitrogen and oxygen atoms in total. The Kier molecular flexibility index (Phi) is 4.96. The van der Waals surface area contributed by atoms with Crippen LogP contribution in [0.2, 0.25) is 0 Å². The van der Waals surface area contributed by atoms with Crippen LogP contribution in [0.3, 0.4) is 0 Å². The van der Waals surface area contributed by atoms with Gasteiger partial charge in [-0.2, -0.15) is 5.10 Å². The van der Waals surface area contributed by atoms with Crippen molar-refractivity contribution in [3.8, 4) is 0 Å². The first-order valence-electron chi connectivity index (χ1n) is 7.31. The molecule has 0 aliphatic carbocycles. The SMILES string of the molecule is CCC(CC)NC(=O)c1ccn(C2CCCNC2)n1. The number of nitrogens with zero attached hydrogens (tertiary/aromatic N) is 2. The van der Waals surface area contributed by atoms with E-state index in [1.54, 1.807) is 0 Å². The maximum Gasteiger partial charge on any atom is 0.271 e. The topological polar surface area (TPSA) is 59.0 Å². The normalized spacial score (nSPS) is 19.6. The van der Waals surface area contributed by atoms with E-state index in [9.17, 15) is 4.79 Å². The second-order valence-corrected chi connectivity index (χ2v) is 5.17. The number of aromatic nitrogens is 2. The second kappa shape index (κ2) is 6.70. The molecule has 19 heavy (non-hydrogen) atoms. The van der Waals surface area contributed by atoms with E-state index in [1.165, 1.54) is 6.42 Å². The minimum absolute atomic E-state index is 0.0591. The van der Waals surface area contributed by atoms with E-state index < -0.39 is 0 Å². The van der Waals surface area contributed by atoms with E-state index in [0.29, 0.717) is 11.7 Å². The summed E-state index contributed by atoms with van der Waals surface area (Å²) in [5, 5.41) is 10.8. The number of amides is 1. The Labute approximate surface area is 114 Å². The lowest BCUT2D eigenvalue weighted by molar-refractivity contribution is 0.0928. The quantitative estimate of drug-likeness (QED) is 0.851. The maximum absolute atomic E-state index is 12.1. The molecular formula is C14H24N4O. The van der Waals surface area contributed by atoms with Crippen LogP contribution in [0.15, 0.2) is 12.3 Å². The molecule has 1 aromatic rings. The molecule has 1 atom stereocenters. The van der Waals surface area contributed by atoms with Crippen LogP contribution in [0, 0.1) is 0 Å². The van der Waals surface area contributed by atoms with Gasteiger partial charge in [0, 0.05) is 18.8 Å². The molecule has 0 radical (unpaired) electrons. The number of piperidine rings is 1. The van der Waals surface area contributed by atoms with Crippen molar-refractivity contribution in [2.75, 3.05) is 13.1 Å². The van der Waals surface area contributed by atoms with Gasteiger partial charge >= 0.3 is 0 Å². The molecule has 1 aliphatic rings. The summed E-state index contributed by atoms with van der Waals surface area (Å²) in [5.74, 6) is -0.0591. The van der Waals surface area contributed by atoms with E-state index in [0.717, 1.165) is 32.4 Å². The predicted molar refractivity (Wildman–Crippen MR) is 75.2 cm³/mol. The Morgan fingerprint density at radius 2 is 2.37 bits per heavy atom. The highest BCUT2D eigenvalue weighted by Gasteiger charge is 2.18. The number of hydrogen-bond donors (Lipinski definition) is 2. The Morgan fingerprint density at radius 3 is 3.00 bits per heavy atom. The number of carbonyl (C=O) groups is 1. The first-order chi connectivity index (χ1) is 9.24. The number of hydrogen-bond acceptors (Lipinski definition) is 3. The zero-order valence-electron chi connectivity index (χ0n) is 11.9. The summed E-state index contributed by atoms with van der Waals surface area (Å²) in [6.07, 6.45) is 6.12. The molecule has 1 amide bonds. The molecule has 0 spiro atoms. The van der Waals surface area contributed by atoms with Crippen LogP contribution in [0.1, 0.15) is 56.1 Å². The fraction of sp³-hybridized carbons (Fsp3) is 0.714. The molecule has 0 aromatic carbocycles. The van der Waals surface area contributed by atoms with Gasteiger partial charge in [-0.25, -0.2) is 0 Å². The predicted octanol–water partition coefficient (Wildman–Crippen LogP) is 1.73. The van der Waals surface area contributed by atoms with Gasteiger partial charge in [0.15, 0.2) is 0 Å². The van der Waals surface area contributed by atoms with Gasteiger partial charge in [-0.05, 0) is 38.3 Å². The smallest absolute Gasteiger partial charge is 0.271 e. The number of nitrogens with one attached hydrogen (secondary N) is 2. The minimum atomic E-state index is -0.0591. The Morgan fingerprint density at radius 1 is 1.58 bits per heavy atom. The zero-order valence-corrected chi connectivity index (χ0v) is 11.9. The Bertz CT molecular complexity index is 405. The maximum atomic E-state index is 12.1. The van der Waals surface area contributed by atoms with Crippen molar-refractivity contribution in [2.45, 2.75) is 51.6 Å². The first kappa shape index (κ1) is 14.1. The number of carbonyl (C=O) groups excluding carboxylic acids is 1. The fourth-order valence-electron chi connectivity index (χ4n) is 2.47. The standard InChI is InChI=1S/C14H24N4O/c1-3-11(4-2)16-14(19)13-7-9-18(17-13)12-6-5-8-15-10-12/h7,9,11-12,15H,3-6,8,10H2,1-2H3,(H,16,19). The molecule has 106 valence electrons. The molecule has 1 unspecified atom stereocenters. The molecule has 1 fully saturated rings. The molecule has 1 aliphatic heterocycles. The molecule has 0 saturated carbocycles. The molecule has 5 heteroatoms. The van der Waals surface area contributed by atoms with Crippen LogP contribution in [0.4, 0.5) is 0 Å². The summed E-state index contributed by atoms with van der Waals surface area (Å²) in [6, 6.07) is 2.43. The van der Waals surface area contributed by atoms with Crippen LogP contribution in [-0.2, 0) is 0 Å². The van der Waals surface area contributed by atoms with Crippen molar-refractivity contribution in [2.24, 2.45) is 0 Å². The lowest BCUT2D eigenvalue weighted by atomic mass is 10.1. The van der Waals surface area contributed by atoms with E-state index in [-0.39, 0.29) is 11.9 Å². The largest absolute Gasteiger partial charge is 0.348 e. The highest BCUT2D eigenvalue weighted by molar-refractivity contribution is 5.92. The van der Waals surface area contributed by atoms with Crippen LogP contribution >= 0.6 is 0 Å². The van der Waals surface area contributed by atoms with Gasteiger partial charge in [0.1, 0.15) is 5.69 Å². The van der Waals surface area contributed by atoms with Crippen molar-refractivity contribution in [3.05, 3.63) is 18.0 Å². The van der Waals surface area contributed by atoms with Gasteiger partial charge in [-0.1, -0.05) is 13.8 Å². The molecule has 1 aromatic heterocycles. The van der Waals surface area contributed by atoms with Gasteiger partial charge in [0.2, 0.25) is 0 Å². The van der Waals surface area contributed by atoms with Gasteiger partial charge in [-0.3, -0.25) is 9.48 Å². The molecule has 2 N–H and O–H groups in total. The third kappa shape index (κ3) is 3.56. The Balaban J connectivity index is 1.97. The summed E-state index contributed by atoms with van der Waals surface area (Å²) >= 11 is 0. The average Bonchev–Trinajstić information content (AvgIpc) is 2.95. The molecular weight excluding hydrogens is 240 g/mol. The van der Waals surface area contributed by atoms with Crippen LogP contribution in [-0.4, -0.2) is 34.8 Å². The van der Waals surface area contributed by atoms with Gasteiger partial charge < -0.3 is 10.6 Å². The van der Waals surface area contributed by atoms with E-state index in [1.807, 2.05) is 16.9 Å². The highest BCUT2D eigenvalue weighted by atomic mass is 16.2. The van der Waals surface area contributed by atoms with Gasteiger partial charge in [0.05, 0.1) is 6.04 Å². The highest BCUT2D eigenvalue weighted by Crippen LogP contribution is 2.15.